The summed E-state index contributed by atoms with van der Waals surface area (Å²) in [6.07, 6.45) is -0.637. The first kappa shape index (κ1) is 42.5. The molecule has 8 rings (SSSR count). The summed E-state index contributed by atoms with van der Waals surface area (Å²) in [6.45, 7) is 1.77. The molecule has 3 heterocycles. The van der Waals surface area contributed by atoms with Crippen molar-refractivity contribution in [2.45, 2.75) is 55.3 Å². The fourth-order valence-corrected chi connectivity index (χ4v) is 10.7. The molecule has 13 nitrogen and oxygen atoms in total. The number of hydrogen-bond donors (Lipinski definition) is 3. The third-order valence-electron chi connectivity index (χ3n) is 10.6. The summed E-state index contributed by atoms with van der Waals surface area (Å²) < 4.78 is 48.3. The van der Waals surface area contributed by atoms with Crippen LogP contribution in [0, 0.1) is 18.3 Å². The molecule has 1 amide bonds. The lowest BCUT2D eigenvalue weighted by Crippen LogP contribution is -2.55. The minimum Gasteiger partial charge on any atom is -0.489 e. The summed E-state index contributed by atoms with van der Waals surface area (Å²) in [4.78, 5) is 30.9. The number of ether oxygens (including phenoxy) is 3. The average molecular weight is 911 g/mol. The number of nitriles is 1. The predicted octanol–water partition coefficient (Wildman–Crippen LogP) is 7.90. The number of aliphatic carboxylic acids is 1. The lowest BCUT2D eigenvalue weighted by atomic mass is 9.94. The van der Waals surface area contributed by atoms with Crippen molar-refractivity contribution in [3.05, 3.63) is 152 Å². The lowest BCUT2D eigenvalue weighted by Gasteiger charge is -2.36. The number of carbonyl (C=O) groups excluding carboxylic acids is 1. The van der Waals surface area contributed by atoms with Crippen molar-refractivity contribution in [2.75, 3.05) is 12.3 Å². The first-order valence-electron chi connectivity index (χ1n) is 19.2. The summed E-state index contributed by atoms with van der Waals surface area (Å²) in [5.74, 6) is -0.611. The highest BCUT2D eigenvalue weighted by Gasteiger charge is 2.43. The second-order valence-electron chi connectivity index (χ2n) is 14.8. The van der Waals surface area contributed by atoms with Crippen molar-refractivity contribution >= 4 is 61.6 Å². The number of hydrogen-bond acceptors (Lipinski definition) is 11. The molecular weight excluding hydrogens is 874 g/mol. The van der Waals surface area contributed by atoms with E-state index in [1.807, 2.05) is 54.6 Å². The first-order valence-corrected chi connectivity index (χ1v) is 22.3. The van der Waals surface area contributed by atoms with E-state index in [9.17, 15) is 23.1 Å². The number of aromatic nitrogens is 1. The molecule has 0 saturated heterocycles. The number of nitrogens with two attached hydrogens (primary N) is 1. The van der Waals surface area contributed by atoms with Gasteiger partial charge in [0.25, 0.3) is 10.0 Å². The standard InChI is InChI=1S/C45H37Cl2N5O8S2/c1-25-44(61-45(49)50-25)62(56,57)52-22-33-20-40-39(59-24-41(60-40)31-11-13-34(14-12-31)58-23-28-6-15-35(46)36(47)16-28)19-32(33)18-38(52)42(53)51-37(43(54)55)17-26-2-7-29(8-3-26)30-9-4-27(21-48)5-10-30/h2-16,19-20,37-38,41H,17-18,22-24H2,1H3,(H2,49,50)(H,51,53)(H,54,55)/t37?,38-,41-/m1/s1. The molecule has 316 valence electrons. The minimum atomic E-state index is -4.38. The Morgan fingerprint density at radius 3 is 2.29 bits per heavy atom. The van der Waals surface area contributed by atoms with Crippen LogP contribution in [0.3, 0.4) is 0 Å². The van der Waals surface area contributed by atoms with E-state index in [1.54, 1.807) is 48.5 Å². The molecule has 0 bridgehead atoms. The Kier molecular flexibility index (Phi) is 12.1. The van der Waals surface area contributed by atoms with Gasteiger partial charge in [0.05, 0.1) is 27.4 Å². The highest BCUT2D eigenvalue weighted by molar-refractivity contribution is 7.91. The Morgan fingerprint density at radius 1 is 0.968 bits per heavy atom. The van der Waals surface area contributed by atoms with Gasteiger partial charge in [-0.15, -0.1) is 0 Å². The van der Waals surface area contributed by atoms with Crippen molar-refractivity contribution in [1.29, 1.82) is 5.26 Å². The van der Waals surface area contributed by atoms with Crippen molar-refractivity contribution < 1.29 is 37.3 Å². The van der Waals surface area contributed by atoms with Crippen LogP contribution in [0.5, 0.6) is 17.2 Å². The average Bonchev–Trinajstić information content (AvgIpc) is 3.63. The number of benzene rings is 5. The van der Waals surface area contributed by atoms with Gasteiger partial charge in [0.1, 0.15) is 31.0 Å². The van der Waals surface area contributed by atoms with Crippen LogP contribution in [-0.2, 0) is 45.6 Å². The molecule has 1 unspecified atom stereocenters. The maximum Gasteiger partial charge on any atom is 0.326 e. The number of amides is 1. The zero-order valence-electron chi connectivity index (χ0n) is 32.9. The van der Waals surface area contributed by atoms with E-state index in [1.165, 1.54) is 6.92 Å². The number of nitrogen functional groups attached to an aromatic ring is 1. The van der Waals surface area contributed by atoms with Gasteiger partial charge in [-0.3, -0.25) is 4.79 Å². The first-order chi connectivity index (χ1) is 29.7. The number of nitrogens with zero attached hydrogens (tertiary/aromatic N) is 3. The summed E-state index contributed by atoms with van der Waals surface area (Å²) in [5.41, 5.74) is 11.9. The quantitative estimate of drug-likeness (QED) is 0.108. The molecular formula is C45H37Cl2N5O8S2. The van der Waals surface area contributed by atoms with Crippen molar-refractivity contribution in [3.8, 4) is 34.4 Å². The van der Waals surface area contributed by atoms with Crippen LogP contribution in [0.2, 0.25) is 10.0 Å². The van der Waals surface area contributed by atoms with Crippen molar-refractivity contribution in [2.24, 2.45) is 0 Å². The predicted molar refractivity (Wildman–Crippen MR) is 234 cm³/mol. The van der Waals surface area contributed by atoms with Gasteiger partial charge in [-0.25, -0.2) is 18.2 Å². The van der Waals surface area contributed by atoms with Crippen molar-refractivity contribution in [3.63, 3.8) is 0 Å². The highest BCUT2D eigenvalue weighted by atomic mass is 35.5. The number of sulfonamides is 1. The van der Waals surface area contributed by atoms with Crippen LogP contribution >= 0.6 is 34.5 Å². The number of halogens is 2. The number of aryl methyl sites for hydroxylation is 1. The Bertz CT molecular complexity index is 2830. The summed E-state index contributed by atoms with van der Waals surface area (Å²) in [7, 11) is -4.38. The molecule has 17 heteroatoms. The SMILES string of the molecule is Cc1nc(N)sc1S(=O)(=O)N1Cc2cc3c(cc2C[C@@H]1C(=O)NC(Cc1ccc(-c2ccc(C#N)cc2)cc1)C(=O)O)OC[C@H](c1ccc(OCc2ccc(Cl)c(Cl)c2)cc1)O3. The molecule has 0 spiro atoms. The van der Waals surface area contributed by atoms with Gasteiger partial charge < -0.3 is 30.4 Å². The maximum absolute atomic E-state index is 14.4. The summed E-state index contributed by atoms with van der Waals surface area (Å²) in [6, 6.07) is 29.8. The van der Waals surface area contributed by atoms with Crippen molar-refractivity contribution in [1.82, 2.24) is 14.6 Å². The Balaban J connectivity index is 1.01. The van der Waals surface area contributed by atoms with E-state index in [0.29, 0.717) is 56.2 Å². The molecule has 0 aliphatic carbocycles. The zero-order valence-corrected chi connectivity index (χ0v) is 36.0. The van der Waals surface area contributed by atoms with Crippen LogP contribution in [-0.4, -0.2) is 53.4 Å². The third-order valence-corrected chi connectivity index (χ3v) is 14.8. The minimum absolute atomic E-state index is 0.0485. The van der Waals surface area contributed by atoms with E-state index in [0.717, 1.165) is 37.9 Å². The normalized spacial score (nSPS) is 16.4. The molecule has 2 aliphatic rings. The summed E-state index contributed by atoms with van der Waals surface area (Å²) >= 11 is 13.0. The van der Waals surface area contributed by atoms with E-state index in [-0.39, 0.29) is 41.0 Å². The maximum atomic E-state index is 14.4. The Labute approximate surface area is 371 Å². The molecule has 1 aromatic heterocycles. The fraction of sp³-hybridized carbons (Fsp3) is 0.200. The largest absolute Gasteiger partial charge is 0.489 e. The lowest BCUT2D eigenvalue weighted by molar-refractivity contribution is -0.142. The number of carboxylic acid groups (broad SMARTS) is 1. The topological polar surface area (TPSA) is 194 Å². The molecule has 4 N–H and O–H groups in total. The zero-order chi connectivity index (χ0) is 43.7. The molecule has 3 atom stereocenters. The van der Waals surface area contributed by atoms with Gasteiger partial charge in [-0.05, 0) is 101 Å². The number of carbonyl (C=O) groups is 2. The van der Waals surface area contributed by atoms with E-state index in [4.69, 9.17) is 48.4 Å². The third kappa shape index (κ3) is 9.06. The van der Waals surface area contributed by atoms with Gasteiger partial charge in [-0.2, -0.15) is 9.57 Å². The van der Waals surface area contributed by atoms with Crippen LogP contribution in [0.15, 0.2) is 107 Å². The molecule has 0 radical (unpaired) electrons. The van der Waals surface area contributed by atoms with Gasteiger partial charge >= 0.3 is 5.97 Å². The molecule has 2 aliphatic heterocycles. The van der Waals surface area contributed by atoms with Gasteiger partial charge in [0, 0.05) is 13.0 Å². The van der Waals surface area contributed by atoms with E-state index < -0.39 is 40.1 Å². The molecule has 62 heavy (non-hydrogen) atoms. The summed E-state index contributed by atoms with van der Waals surface area (Å²) in [5, 5.41) is 23.0. The van der Waals surface area contributed by atoms with Crippen LogP contribution in [0.1, 0.15) is 45.2 Å². The second-order valence-corrected chi connectivity index (χ2v) is 18.7. The monoisotopic (exact) mass is 909 g/mol. The molecule has 0 fully saturated rings. The van der Waals surface area contributed by atoms with Crippen LogP contribution in [0.4, 0.5) is 5.13 Å². The van der Waals surface area contributed by atoms with E-state index >= 15 is 0 Å². The smallest absolute Gasteiger partial charge is 0.326 e. The number of thiazole rings is 1. The molecule has 0 saturated carbocycles. The number of carboxylic acids is 1. The number of anilines is 1. The van der Waals surface area contributed by atoms with Gasteiger partial charge in [-0.1, -0.05) is 89.1 Å². The van der Waals surface area contributed by atoms with Crippen LogP contribution in [0.25, 0.3) is 11.1 Å². The number of rotatable bonds is 12. The van der Waals surface area contributed by atoms with Gasteiger partial charge in [0.15, 0.2) is 26.9 Å². The molecule has 6 aromatic rings. The van der Waals surface area contributed by atoms with Gasteiger partial charge in [0.2, 0.25) is 5.91 Å². The Hall–Kier alpha value is -6.15. The van der Waals surface area contributed by atoms with E-state index in [2.05, 4.69) is 16.4 Å². The number of nitrogens with one attached hydrogen (secondary N) is 1. The fourth-order valence-electron chi connectivity index (χ4n) is 7.36. The highest BCUT2D eigenvalue weighted by Crippen LogP contribution is 2.42. The number of fused-ring (bicyclic) bond motifs is 2. The van der Waals surface area contributed by atoms with Crippen LogP contribution < -0.4 is 25.3 Å². The molecule has 5 aromatic carbocycles. The second kappa shape index (κ2) is 17.7. The Morgan fingerprint density at radius 2 is 1.65 bits per heavy atom.